The molecule has 3 amide bonds. The van der Waals surface area contributed by atoms with Gasteiger partial charge in [0.15, 0.2) is 0 Å². The van der Waals surface area contributed by atoms with E-state index in [9.17, 15) is 23.6 Å². The molecular formula is C17H17FN2O6. The van der Waals surface area contributed by atoms with Crippen molar-refractivity contribution in [1.82, 2.24) is 10.4 Å². The molecule has 1 saturated heterocycles. The SMILES string of the molecule is C=CCOC(=O)N[C@@H](Cc1cccc(F)c1)C(=O)ON1C(=O)CCC1=O. The molecule has 9 heteroatoms. The molecule has 8 nitrogen and oxygen atoms in total. The van der Waals surface area contributed by atoms with E-state index in [0.717, 1.165) is 0 Å². The molecule has 1 aromatic carbocycles. The summed E-state index contributed by atoms with van der Waals surface area (Å²) in [4.78, 5) is 52.0. The van der Waals surface area contributed by atoms with Gasteiger partial charge in [0.05, 0.1) is 0 Å². The number of ether oxygens (including phenoxy) is 1. The molecule has 2 rings (SSSR count). The average Bonchev–Trinajstić information content (AvgIpc) is 2.91. The zero-order valence-electron chi connectivity index (χ0n) is 13.8. The third-order valence-corrected chi connectivity index (χ3v) is 3.42. The van der Waals surface area contributed by atoms with Crippen molar-refractivity contribution in [2.45, 2.75) is 25.3 Å². The number of hydrogen-bond donors (Lipinski definition) is 1. The van der Waals surface area contributed by atoms with Gasteiger partial charge in [-0.05, 0) is 17.7 Å². The van der Waals surface area contributed by atoms with Crippen LogP contribution in [0.1, 0.15) is 18.4 Å². The number of rotatable bonds is 7. The Labute approximate surface area is 148 Å². The van der Waals surface area contributed by atoms with E-state index in [2.05, 4.69) is 11.9 Å². The standard InChI is InChI=1S/C17H17FN2O6/c1-2-8-25-17(24)19-13(10-11-4-3-5-12(18)9-11)16(23)26-20-14(21)6-7-15(20)22/h2-5,9,13H,1,6-8,10H2,(H,19,24)/t13-/m0/s1. The van der Waals surface area contributed by atoms with Crippen LogP contribution in [0, 0.1) is 5.82 Å². The van der Waals surface area contributed by atoms with Crippen molar-refractivity contribution < 1.29 is 33.1 Å². The third kappa shape index (κ3) is 5.13. The first-order valence-corrected chi connectivity index (χ1v) is 7.77. The van der Waals surface area contributed by atoms with Crippen molar-refractivity contribution in [2.24, 2.45) is 0 Å². The van der Waals surface area contributed by atoms with Crippen LogP contribution in [-0.4, -0.2) is 41.6 Å². The molecule has 26 heavy (non-hydrogen) atoms. The molecule has 0 radical (unpaired) electrons. The van der Waals surface area contributed by atoms with Crippen LogP contribution >= 0.6 is 0 Å². The van der Waals surface area contributed by atoms with E-state index in [1.54, 1.807) is 6.07 Å². The molecule has 0 bridgehead atoms. The van der Waals surface area contributed by atoms with E-state index in [-0.39, 0.29) is 25.9 Å². The van der Waals surface area contributed by atoms with E-state index in [0.29, 0.717) is 10.6 Å². The molecule has 0 aliphatic carbocycles. The minimum atomic E-state index is -1.30. The summed E-state index contributed by atoms with van der Waals surface area (Å²) in [5.41, 5.74) is 0.398. The van der Waals surface area contributed by atoms with E-state index in [4.69, 9.17) is 9.57 Å². The Kier molecular flexibility index (Phi) is 6.42. The zero-order valence-corrected chi connectivity index (χ0v) is 13.8. The molecule has 1 heterocycles. The average molecular weight is 364 g/mol. The summed E-state index contributed by atoms with van der Waals surface area (Å²) >= 11 is 0. The lowest BCUT2D eigenvalue weighted by atomic mass is 10.1. The second kappa shape index (κ2) is 8.75. The molecule has 1 atom stereocenters. The van der Waals surface area contributed by atoms with Crippen molar-refractivity contribution in [3.63, 3.8) is 0 Å². The number of benzene rings is 1. The fraction of sp³-hybridized carbons (Fsp3) is 0.294. The number of hydrogen-bond acceptors (Lipinski definition) is 6. The maximum atomic E-state index is 13.3. The first-order chi connectivity index (χ1) is 12.4. The second-order valence-electron chi connectivity index (χ2n) is 5.41. The number of alkyl carbamates (subject to hydrolysis) is 1. The first kappa shape index (κ1) is 19.1. The van der Waals surface area contributed by atoms with Crippen LogP contribution in [0.5, 0.6) is 0 Å². The van der Waals surface area contributed by atoms with Gasteiger partial charge in [0, 0.05) is 19.3 Å². The minimum absolute atomic E-state index is 0.0600. The summed E-state index contributed by atoms with van der Waals surface area (Å²) in [7, 11) is 0. The molecule has 138 valence electrons. The number of nitrogens with one attached hydrogen (secondary N) is 1. The Hall–Kier alpha value is -3.23. The highest BCUT2D eigenvalue weighted by atomic mass is 19.1. The van der Waals surface area contributed by atoms with Crippen LogP contribution in [0.3, 0.4) is 0 Å². The van der Waals surface area contributed by atoms with Crippen LogP contribution in [0.4, 0.5) is 9.18 Å². The topological polar surface area (TPSA) is 102 Å². The number of imide groups is 1. The van der Waals surface area contributed by atoms with Crippen LogP contribution in [0.25, 0.3) is 0 Å². The molecule has 1 fully saturated rings. The summed E-state index contributed by atoms with van der Waals surface area (Å²) in [6, 6.07) is 4.10. The lowest BCUT2D eigenvalue weighted by Gasteiger charge is -2.20. The lowest BCUT2D eigenvalue weighted by molar-refractivity contribution is -0.198. The van der Waals surface area contributed by atoms with Gasteiger partial charge in [-0.3, -0.25) is 9.59 Å². The zero-order chi connectivity index (χ0) is 19.1. The van der Waals surface area contributed by atoms with Gasteiger partial charge in [-0.1, -0.05) is 24.8 Å². The minimum Gasteiger partial charge on any atom is -0.445 e. The predicted molar refractivity (Wildman–Crippen MR) is 85.8 cm³/mol. The summed E-state index contributed by atoms with van der Waals surface area (Å²) in [6.07, 6.45) is 0.157. The van der Waals surface area contributed by atoms with E-state index >= 15 is 0 Å². The molecule has 0 aromatic heterocycles. The van der Waals surface area contributed by atoms with Gasteiger partial charge in [0.25, 0.3) is 11.8 Å². The van der Waals surface area contributed by atoms with Crippen LogP contribution in [0.2, 0.25) is 0 Å². The van der Waals surface area contributed by atoms with Gasteiger partial charge in [-0.25, -0.2) is 14.0 Å². The number of amides is 3. The van der Waals surface area contributed by atoms with Crippen molar-refractivity contribution in [3.05, 3.63) is 48.3 Å². The van der Waals surface area contributed by atoms with Crippen LogP contribution < -0.4 is 5.32 Å². The highest BCUT2D eigenvalue weighted by Crippen LogP contribution is 2.14. The fourth-order valence-corrected chi connectivity index (χ4v) is 2.22. The van der Waals surface area contributed by atoms with Gasteiger partial charge in [-0.15, -0.1) is 5.06 Å². The Morgan fingerprint density at radius 2 is 2.00 bits per heavy atom. The van der Waals surface area contributed by atoms with Crippen molar-refractivity contribution in [2.75, 3.05) is 6.61 Å². The first-order valence-electron chi connectivity index (χ1n) is 7.77. The Morgan fingerprint density at radius 1 is 1.31 bits per heavy atom. The maximum Gasteiger partial charge on any atom is 0.408 e. The van der Waals surface area contributed by atoms with E-state index < -0.39 is 35.7 Å². The predicted octanol–water partition coefficient (Wildman–Crippen LogP) is 1.26. The number of hydroxylamine groups is 2. The Bertz CT molecular complexity index is 720. The van der Waals surface area contributed by atoms with E-state index in [1.807, 2.05) is 0 Å². The molecule has 1 aliphatic heterocycles. The summed E-state index contributed by atoms with van der Waals surface area (Å²) < 4.78 is 18.1. The van der Waals surface area contributed by atoms with Gasteiger partial charge in [0.2, 0.25) is 0 Å². The molecule has 0 spiro atoms. The second-order valence-corrected chi connectivity index (χ2v) is 5.41. The molecule has 0 saturated carbocycles. The Balaban J connectivity index is 2.11. The summed E-state index contributed by atoms with van der Waals surface area (Å²) in [6.45, 7) is 3.30. The van der Waals surface area contributed by atoms with E-state index in [1.165, 1.54) is 24.3 Å². The van der Waals surface area contributed by atoms with Crippen LogP contribution in [-0.2, 0) is 30.4 Å². The smallest absolute Gasteiger partial charge is 0.408 e. The highest BCUT2D eigenvalue weighted by Gasteiger charge is 2.35. The van der Waals surface area contributed by atoms with Gasteiger partial charge in [-0.2, -0.15) is 0 Å². The number of carbonyl (C=O) groups excluding carboxylic acids is 4. The largest absolute Gasteiger partial charge is 0.445 e. The summed E-state index contributed by atoms with van der Waals surface area (Å²) in [5.74, 6) is -2.87. The maximum absolute atomic E-state index is 13.3. The molecular weight excluding hydrogens is 347 g/mol. The van der Waals surface area contributed by atoms with Crippen LogP contribution in [0.15, 0.2) is 36.9 Å². The lowest BCUT2D eigenvalue weighted by Crippen LogP contribution is -2.46. The molecule has 1 N–H and O–H groups in total. The molecule has 0 unspecified atom stereocenters. The number of halogens is 1. The molecule has 1 aliphatic rings. The monoisotopic (exact) mass is 364 g/mol. The van der Waals surface area contributed by atoms with Gasteiger partial charge >= 0.3 is 12.1 Å². The molecule has 1 aromatic rings. The van der Waals surface area contributed by atoms with Gasteiger partial charge < -0.3 is 14.9 Å². The third-order valence-electron chi connectivity index (χ3n) is 3.42. The fourth-order valence-electron chi connectivity index (χ4n) is 2.22. The van der Waals surface area contributed by atoms with Crippen molar-refractivity contribution in [1.29, 1.82) is 0 Å². The quantitative estimate of drug-likeness (QED) is 0.577. The normalized spacial score (nSPS) is 14.7. The Morgan fingerprint density at radius 3 is 2.62 bits per heavy atom. The van der Waals surface area contributed by atoms with Gasteiger partial charge in [0.1, 0.15) is 18.5 Å². The number of nitrogens with zero attached hydrogens (tertiary/aromatic N) is 1. The van der Waals surface area contributed by atoms with Crippen molar-refractivity contribution in [3.8, 4) is 0 Å². The summed E-state index contributed by atoms with van der Waals surface area (Å²) in [5, 5.41) is 2.64. The number of carbonyl (C=O) groups is 4. The van der Waals surface area contributed by atoms with Crippen molar-refractivity contribution >= 4 is 23.9 Å². The highest BCUT2D eigenvalue weighted by molar-refractivity contribution is 6.01.